The summed E-state index contributed by atoms with van der Waals surface area (Å²) in [6, 6.07) is 5.94. The molecule has 4 heterocycles. The minimum absolute atomic E-state index is 0.0415. The summed E-state index contributed by atoms with van der Waals surface area (Å²) < 4.78 is 18.9. The van der Waals surface area contributed by atoms with Gasteiger partial charge in [0.15, 0.2) is 0 Å². The molecule has 2 amide bonds. The Balaban J connectivity index is 1.49. The second-order valence-electron chi connectivity index (χ2n) is 7.90. The number of anilines is 3. The zero-order valence-corrected chi connectivity index (χ0v) is 18.9. The molecule has 1 aromatic carbocycles. The number of amides is 2. The molecule has 2 aromatic heterocycles. The van der Waals surface area contributed by atoms with E-state index in [-0.39, 0.29) is 16.8 Å². The molecule has 0 aliphatic carbocycles. The topological polar surface area (TPSA) is 112 Å². The number of benzene rings is 1. The second-order valence-corrected chi connectivity index (χ2v) is 8.30. The lowest BCUT2D eigenvalue weighted by Crippen LogP contribution is -2.40. The zero-order valence-electron chi connectivity index (χ0n) is 18.1. The van der Waals surface area contributed by atoms with E-state index in [1.54, 1.807) is 17.0 Å². The van der Waals surface area contributed by atoms with Gasteiger partial charge in [0.2, 0.25) is 0 Å². The smallest absolute Gasteiger partial charge is 0.270 e. The maximum Gasteiger partial charge on any atom is 0.270 e. The number of carbonyl (C=O) groups is 2. The number of ether oxygens (including phenoxy) is 1. The molecule has 1 fully saturated rings. The van der Waals surface area contributed by atoms with Crippen LogP contribution in [0.25, 0.3) is 11.6 Å². The molecule has 0 saturated carbocycles. The van der Waals surface area contributed by atoms with Crippen LogP contribution in [0.5, 0.6) is 0 Å². The Labute approximate surface area is 199 Å². The van der Waals surface area contributed by atoms with E-state index in [1.165, 1.54) is 24.5 Å². The molecule has 2 aliphatic rings. The number of hydrogen-bond donors (Lipinski definition) is 3. The standard InChI is InChI=1S/C23H20ClFN6O3/c1-12-8-18(23(33)31-4-6-34-7-5-31)29-17(12)10-14-19-20(26-11-27-21(19)30-22(14)32)28-13-2-3-16(25)15(24)9-13/h2-3,8-11,29H,4-7H2,1H3,(H2,26,27,28,30,32). The number of rotatable bonds is 4. The molecule has 3 N–H and O–H groups in total. The van der Waals surface area contributed by atoms with Crippen molar-refractivity contribution < 1.29 is 18.7 Å². The second kappa shape index (κ2) is 8.88. The summed E-state index contributed by atoms with van der Waals surface area (Å²) in [7, 11) is 0. The Morgan fingerprint density at radius 1 is 1.26 bits per heavy atom. The number of nitrogens with one attached hydrogen (secondary N) is 3. The molecule has 0 radical (unpaired) electrons. The number of fused-ring (bicyclic) bond motifs is 1. The molecular formula is C23H20ClFN6O3. The SMILES string of the molecule is Cc1cc(C(=O)N2CCOCC2)[nH]c1C=C1C(=O)Nc2ncnc(Nc3ccc(F)c(Cl)c3)c21. The summed E-state index contributed by atoms with van der Waals surface area (Å²) in [5.41, 5.74) is 3.15. The molecular weight excluding hydrogens is 463 g/mol. The lowest BCUT2D eigenvalue weighted by Gasteiger charge is -2.26. The predicted molar refractivity (Wildman–Crippen MR) is 125 cm³/mol. The van der Waals surface area contributed by atoms with Crippen molar-refractivity contribution in [2.45, 2.75) is 6.92 Å². The van der Waals surface area contributed by atoms with Crippen LogP contribution >= 0.6 is 11.6 Å². The van der Waals surface area contributed by atoms with Crippen molar-refractivity contribution in [2.24, 2.45) is 0 Å². The first kappa shape index (κ1) is 22.1. The van der Waals surface area contributed by atoms with Gasteiger partial charge in [-0.25, -0.2) is 14.4 Å². The predicted octanol–water partition coefficient (Wildman–Crippen LogP) is 3.61. The molecule has 1 saturated heterocycles. The van der Waals surface area contributed by atoms with Crippen molar-refractivity contribution in [3.8, 4) is 0 Å². The number of aromatic amines is 1. The number of hydrogen-bond acceptors (Lipinski definition) is 6. The van der Waals surface area contributed by atoms with E-state index in [1.807, 2.05) is 6.92 Å². The third kappa shape index (κ3) is 4.13. The van der Waals surface area contributed by atoms with Crippen LogP contribution in [0.15, 0.2) is 30.6 Å². The third-order valence-electron chi connectivity index (χ3n) is 5.65. The minimum atomic E-state index is -0.540. The van der Waals surface area contributed by atoms with Gasteiger partial charge in [0, 0.05) is 24.5 Å². The van der Waals surface area contributed by atoms with E-state index in [0.29, 0.717) is 66.2 Å². The Morgan fingerprint density at radius 2 is 2.06 bits per heavy atom. The van der Waals surface area contributed by atoms with E-state index in [9.17, 15) is 14.0 Å². The van der Waals surface area contributed by atoms with Crippen molar-refractivity contribution in [1.82, 2.24) is 19.9 Å². The van der Waals surface area contributed by atoms with Gasteiger partial charge >= 0.3 is 0 Å². The number of aromatic nitrogens is 3. The van der Waals surface area contributed by atoms with Gasteiger partial charge in [-0.15, -0.1) is 0 Å². The highest BCUT2D eigenvalue weighted by molar-refractivity contribution is 6.35. The van der Waals surface area contributed by atoms with Crippen LogP contribution in [0, 0.1) is 12.7 Å². The van der Waals surface area contributed by atoms with Gasteiger partial charge < -0.3 is 25.3 Å². The Kier molecular flexibility index (Phi) is 5.76. The quantitative estimate of drug-likeness (QED) is 0.490. The highest BCUT2D eigenvalue weighted by atomic mass is 35.5. The van der Waals surface area contributed by atoms with Crippen molar-refractivity contribution in [3.05, 3.63) is 63.9 Å². The van der Waals surface area contributed by atoms with Crippen molar-refractivity contribution in [3.63, 3.8) is 0 Å². The number of H-pyrrole nitrogens is 1. The first-order valence-corrected chi connectivity index (χ1v) is 11.0. The lowest BCUT2D eigenvalue weighted by atomic mass is 10.1. The van der Waals surface area contributed by atoms with Crippen LogP contribution in [0.1, 0.15) is 27.3 Å². The number of halogens is 2. The summed E-state index contributed by atoms with van der Waals surface area (Å²) >= 11 is 5.89. The zero-order chi connectivity index (χ0) is 23.8. The highest BCUT2D eigenvalue weighted by Gasteiger charge is 2.30. The van der Waals surface area contributed by atoms with Crippen LogP contribution in [0.4, 0.5) is 21.7 Å². The fraction of sp³-hybridized carbons (Fsp3) is 0.217. The Hall–Kier alpha value is -3.76. The first-order chi connectivity index (χ1) is 16.4. The molecule has 3 aromatic rings. The normalized spacial score (nSPS) is 16.5. The van der Waals surface area contributed by atoms with Crippen LogP contribution in [-0.2, 0) is 9.53 Å². The van der Waals surface area contributed by atoms with Crippen molar-refractivity contribution in [1.29, 1.82) is 0 Å². The Bertz CT molecular complexity index is 1330. The number of morpholine rings is 1. The molecule has 0 spiro atoms. The largest absolute Gasteiger partial charge is 0.378 e. The van der Waals surface area contributed by atoms with Crippen LogP contribution in [0.2, 0.25) is 5.02 Å². The van der Waals surface area contributed by atoms with E-state index in [0.717, 1.165) is 5.56 Å². The fourth-order valence-corrected chi connectivity index (χ4v) is 4.07. The van der Waals surface area contributed by atoms with Crippen LogP contribution in [0.3, 0.4) is 0 Å². The maximum absolute atomic E-state index is 13.5. The number of carbonyl (C=O) groups excluding carboxylic acids is 2. The molecule has 11 heteroatoms. The molecule has 0 bridgehead atoms. The molecule has 5 rings (SSSR count). The van der Waals surface area contributed by atoms with Gasteiger partial charge in [-0.05, 0) is 42.8 Å². The van der Waals surface area contributed by atoms with Crippen molar-refractivity contribution in [2.75, 3.05) is 36.9 Å². The third-order valence-corrected chi connectivity index (χ3v) is 5.94. The summed E-state index contributed by atoms with van der Waals surface area (Å²) in [4.78, 5) is 38.9. The van der Waals surface area contributed by atoms with Gasteiger partial charge in [0.25, 0.3) is 11.8 Å². The van der Waals surface area contributed by atoms with Gasteiger partial charge in [0.1, 0.15) is 29.5 Å². The Morgan fingerprint density at radius 3 is 2.82 bits per heavy atom. The summed E-state index contributed by atoms with van der Waals surface area (Å²) in [6.07, 6.45) is 2.98. The molecule has 9 nitrogen and oxygen atoms in total. The monoisotopic (exact) mass is 482 g/mol. The van der Waals surface area contributed by atoms with Crippen LogP contribution < -0.4 is 10.6 Å². The van der Waals surface area contributed by atoms with Gasteiger partial charge in [0.05, 0.1) is 29.4 Å². The van der Waals surface area contributed by atoms with Crippen LogP contribution in [-0.4, -0.2) is 58.0 Å². The maximum atomic E-state index is 13.5. The van der Waals surface area contributed by atoms with E-state index in [4.69, 9.17) is 16.3 Å². The average Bonchev–Trinajstić information content (AvgIpc) is 3.36. The minimum Gasteiger partial charge on any atom is -0.378 e. The number of aryl methyl sites for hydroxylation is 1. The highest BCUT2D eigenvalue weighted by Crippen LogP contribution is 2.37. The summed E-state index contributed by atoms with van der Waals surface area (Å²) in [5.74, 6) is -0.318. The summed E-state index contributed by atoms with van der Waals surface area (Å²) in [5, 5.41) is 5.76. The van der Waals surface area contributed by atoms with E-state index in [2.05, 4.69) is 25.6 Å². The fourth-order valence-electron chi connectivity index (χ4n) is 3.89. The molecule has 0 unspecified atom stereocenters. The van der Waals surface area contributed by atoms with Gasteiger partial charge in [-0.3, -0.25) is 9.59 Å². The average molecular weight is 483 g/mol. The molecule has 2 aliphatic heterocycles. The van der Waals surface area contributed by atoms with Crippen molar-refractivity contribution >= 4 is 52.4 Å². The first-order valence-electron chi connectivity index (χ1n) is 10.6. The van der Waals surface area contributed by atoms with E-state index >= 15 is 0 Å². The molecule has 0 atom stereocenters. The number of nitrogens with zero attached hydrogens (tertiary/aromatic N) is 3. The summed E-state index contributed by atoms with van der Waals surface area (Å²) in [6.45, 7) is 3.93. The van der Waals surface area contributed by atoms with E-state index < -0.39 is 5.82 Å². The molecule has 174 valence electrons. The van der Waals surface area contributed by atoms with Gasteiger partial charge in [-0.1, -0.05) is 11.6 Å². The lowest BCUT2D eigenvalue weighted by molar-refractivity contribution is -0.110. The van der Waals surface area contributed by atoms with Gasteiger partial charge in [-0.2, -0.15) is 0 Å². The molecule has 34 heavy (non-hydrogen) atoms.